The highest BCUT2D eigenvalue weighted by atomic mass is 32.1. The molecule has 2 amide bonds. The Bertz CT molecular complexity index is 1630. The minimum Gasteiger partial charge on any atom is -0.507 e. The maximum Gasteiger partial charge on any atom is 0.417 e. The summed E-state index contributed by atoms with van der Waals surface area (Å²) in [6.45, 7) is 4.02. The van der Waals surface area contributed by atoms with Crippen molar-refractivity contribution in [1.82, 2.24) is 14.8 Å². The molecule has 2 unspecified atom stereocenters. The number of nitrogens with zero attached hydrogens (tertiary/aromatic N) is 3. The number of carbonyl (C=O) groups is 3. The number of pyridine rings is 1. The van der Waals surface area contributed by atoms with Crippen molar-refractivity contribution in [1.29, 1.82) is 0 Å². The molecule has 2 aliphatic rings. The van der Waals surface area contributed by atoms with E-state index in [0.29, 0.717) is 59.1 Å². The number of piperidine rings is 1. The maximum atomic E-state index is 13.9. The summed E-state index contributed by atoms with van der Waals surface area (Å²) in [6, 6.07) is 9.65. The zero-order valence-electron chi connectivity index (χ0n) is 30.2. The normalized spacial score (nSPS) is 17.8. The molecule has 2 atom stereocenters. The van der Waals surface area contributed by atoms with Crippen molar-refractivity contribution in [3.63, 3.8) is 0 Å². The van der Waals surface area contributed by atoms with E-state index in [9.17, 15) is 40.7 Å². The van der Waals surface area contributed by atoms with Crippen LogP contribution in [0.1, 0.15) is 97.0 Å². The summed E-state index contributed by atoms with van der Waals surface area (Å²) in [5, 5.41) is 18.7. The largest absolute Gasteiger partial charge is 0.507 e. The number of aromatic nitrogens is 1. The topological polar surface area (TPSA) is 120 Å². The Morgan fingerprint density at radius 1 is 1.04 bits per heavy atom. The van der Waals surface area contributed by atoms with Crippen molar-refractivity contribution in [3.8, 4) is 11.5 Å². The van der Waals surface area contributed by atoms with Crippen molar-refractivity contribution in [2.75, 3.05) is 40.0 Å². The molecule has 298 valence electrons. The number of thiophene rings is 1. The van der Waals surface area contributed by atoms with Gasteiger partial charge in [-0.25, -0.2) is 8.78 Å². The van der Waals surface area contributed by atoms with Crippen molar-refractivity contribution < 1.29 is 55.7 Å². The van der Waals surface area contributed by atoms with E-state index in [1.54, 1.807) is 0 Å². The SMILES string of the molecule is CCCC1CN(C(=O)c2cnccc2C(F)(F)F)CCCC1C(=O)N1CCC(c2ccccc2OCCCC(=O)O)CC1.CF.Oc1csc(C(F)F)c1. The number of rotatable bonds is 11. The smallest absolute Gasteiger partial charge is 0.417 e. The van der Waals surface area contributed by atoms with E-state index < -0.39 is 35.6 Å². The number of amides is 2. The van der Waals surface area contributed by atoms with Crippen LogP contribution in [-0.2, 0) is 15.8 Å². The van der Waals surface area contributed by atoms with Crippen LogP contribution >= 0.6 is 11.3 Å². The van der Waals surface area contributed by atoms with Crippen molar-refractivity contribution in [3.05, 3.63) is 75.7 Å². The first kappa shape index (κ1) is 44.1. The van der Waals surface area contributed by atoms with Crippen LogP contribution in [0.2, 0.25) is 0 Å². The van der Waals surface area contributed by atoms with E-state index >= 15 is 0 Å². The summed E-state index contributed by atoms with van der Waals surface area (Å²) in [4.78, 5) is 45.0. The number of hydrogen-bond donors (Lipinski definition) is 2. The lowest BCUT2D eigenvalue weighted by Gasteiger charge is -2.37. The van der Waals surface area contributed by atoms with E-state index in [2.05, 4.69) is 4.98 Å². The van der Waals surface area contributed by atoms with Crippen LogP contribution in [0, 0.1) is 11.8 Å². The summed E-state index contributed by atoms with van der Waals surface area (Å²) in [7, 11) is 0.500. The number of aromatic hydroxyl groups is 1. The molecule has 0 spiro atoms. The van der Waals surface area contributed by atoms with Crippen LogP contribution in [0.25, 0.3) is 0 Å². The lowest BCUT2D eigenvalue weighted by atomic mass is 9.83. The van der Waals surface area contributed by atoms with Gasteiger partial charge in [-0.1, -0.05) is 31.5 Å². The van der Waals surface area contributed by atoms with Gasteiger partial charge < -0.3 is 24.7 Å². The average Bonchev–Trinajstić information content (AvgIpc) is 3.50. The van der Waals surface area contributed by atoms with E-state index in [1.165, 1.54) is 10.3 Å². The van der Waals surface area contributed by atoms with Gasteiger partial charge in [0.25, 0.3) is 12.3 Å². The van der Waals surface area contributed by atoms with Gasteiger partial charge in [0.1, 0.15) is 11.5 Å². The number of hydrogen-bond acceptors (Lipinski definition) is 7. The minimum absolute atomic E-state index is 0.0484. The molecule has 2 fully saturated rings. The number of para-hydroxylation sites is 1. The number of halogens is 6. The molecule has 2 N–H and O–H groups in total. The molecular formula is C38H47F6N3O6S. The molecule has 0 bridgehead atoms. The number of carboxylic acid groups (broad SMARTS) is 1. The van der Waals surface area contributed by atoms with Crippen LogP contribution in [0.3, 0.4) is 0 Å². The third-order valence-corrected chi connectivity index (χ3v) is 10.3. The number of benzene rings is 1. The Kier molecular flexibility index (Phi) is 17.6. The molecule has 16 heteroatoms. The quantitative estimate of drug-likeness (QED) is 0.147. The van der Waals surface area contributed by atoms with Crippen molar-refractivity contribution in [2.24, 2.45) is 11.8 Å². The Balaban J connectivity index is 0.000000616. The fourth-order valence-electron chi connectivity index (χ4n) is 6.85. The van der Waals surface area contributed by atoms with Gasteiger partial charge in [0.15, 0.2) is 0 Å². The van der Waals surface area contributed by atoms with Gasteiger partial charge in [-0.3, -0.25) is 23.8 Å². The minimum atomic E-state index is -4.67. The van der Waals surface area contributed by atoms with Crippen molar-refractivity contribution in [2.45, 2.75) is 76.8 Å². The molecule has 3 aromatic rings. The van der Waals surface area contributed by atoms with Gasteiger partial charge in [0, 0.05) is 56.3 Å². The molecule has 54 heavy (non-hydrogen) atoms. The zero-order chi connectivity index (χ0) is 39.8. The average molecular weight is 788 g/mol. The first-order chi connectivity index (χ1) is 25.8. The molecule has 0 aliphatic carbocycles. The highest BCUT2D eigenvalue weighted by molar-refractivity contribution is 7.10. The monoisotopic (exact) mass is 787 g/mol. The van der Waals surface area contributed by atoms with E-state index in [0.717, 1.165) is 66.4 Å². The molecular weight excluding hydrogens is 740 g/mol. The zero-order valence-corrected chi connectivity index (χ0v) is 31.1. The van der Waals surface area contributed by atoms with Gasteiger partial charge in [0.05, 0.1) is 29.8 Å². The molecule has 2 aliphatic heterocycles. The molecule has 2 saturated heterocycles. The summed E-state index contributed by atoms with van der Waals surface area (Å²) >= 11 is 0.858. The molecule has 9 nitrogen and oxygen atoms in total. The summed E-state index contributed by atoms with van der Waals surface area (Å²) in [6.07, 6.45) is -0.506. The third kappa shape index (κ3) is 12.6. The standard InChI is InChI=1S/C32H40F3N3O5.C5H4F2OS.CH3F/c1-2-7-23-21-38(31(42)26-20-36-15-12-27(26)32(33,34)35)16-5-9-25(23)30(41)37-17-13-22(14-18-37)24-8-3-4-10-28(24)43-19-6-11-29(39)40;6-5(7)4-1-3(8)2-9-4;1-2/h3-4,8,10,12,15,20,22-23,25H,2,5-7,9,11,13-14,16-19,21H2,1H3,(H,39,40);1-2,5,8H;1H3. The lowest BCUT2D eigenvalue weighted by molar-refractivity contribution is -0.139. The Labute approximate surface area is 314 Å². The van der Waals surface area contributed by atoms with E-state index in [4.69, 9.17) is 14.9 Å². The molecule has 0 radical (unpaired) electrons. The summed E-state index contributed by atoms with van der Waals surface area (Å²) in [5.41, 5.74) is -0.388. The molecule has 2 aromatic heterocycles. The fraction of sp³-hybridized carbons (Fsp3) is 0.526. The fourth-order valence-corrected chi connectivity index (χ4v) is 7.47. The first-order valence-electron chi connectivity index (χ1n) is 17.8. The number of carbonyl (C=O) groups excluding carboxylic acids is 2. The van der Waals surface area contributed by atoms with Crippen LogP contribution in [-0.4, -0.2) is 82.7 Å². The summed E-state index contributed by atoms with van der Waals surface area (Å²) in [5.74, 6) is -1.07. The van der Waals surface area contributed by atoms with E-state index in [-0.39, 0.29) is 47.3 Å². The predicted octanol–water partition coefficient (Wildman–Crippen LogP) is 9.00. The van der Waals surface area contributed by atoms with Gasteiger partial charge in [0.2, 0.25) is 5.91 Å². The third-order valence-electron chi connectivity index (χ3n) is 9.37. The van der Waals surface area contributed by atoms with Crippen molar-refractivity contribution >= 4 is 29.1 Å². The second-order valence-electron chi connectivity index (χ2n) is 13.0. The highest BCUT2D eigenvalue weighted by Crippen LogP contribution is 2.37. The van der Waals surface area contributed by atoms with Gasteiger partial charge in [-0.2, -0.15) is 13.2 Å². The van der Waals surface area contributed by atoms with Crippen LogP contribution < -0.4 is 4.74 Å². The number of carboxylic acids is 1. The Morgan fingerprint density at radius 2 is 1.74 bits per heavy atom. The number of alkyl halides is 6. The highest BCUT2D eigenvalue weighted by Gasteiger charge is 2.40. The predicted molar refractivity (Wildman–Crippen MR) is 192 cm³/mol. The lowest BCUT2D eigenvalue weighted by Crippen LogP contribution is -2.45. The van der Waals surface area contributed by atoms with Gasteiger partial charge in [-0.15, -0.1) is 11.3 Å². The second-order valence-corrected chi connectivity index (χ2v) is 13.9. The Morgan fingerprint density at radius 3 is 2.33 bits per heavy atom. The van der Waals surface area contributed by atoms with Crippen LogP contribution in [0.4, 0.5) is 26.3 Å². The molecule has 1 aromatic carbocycles. The number of aliphatic carboxylic acids is 1. The first-order valence-corrected chi connectivity index (χ1v) is 18.6. The van der Waals surface area contributed by atoms with Crippen LogP contribution in [0.5, 0.6) is 11.5 Å². The number of likely N-dealkylation sites (tertiary alicyclic amines) is 2. The Hall–Kier alpha value is -4.34. The van der Waals surface area contributed by atoms with Crippen LogP contribution in [0.15, 0.2) is 54.2 Å². The maximum absolute atomic E-state index is 13.9. The van der Waals surface area contributed by atoms with Gasteiger partial charge in [-0.05, 0) is 74.1 Å². The van der Waals surface area contributed by atoms with Gasteiger partial charge >= 0.3 is 12.1 Å². The molecule has 0 saturated carbocycles. The van der Waals surface area contributed by atoms with E-state index in [1.807, 2.05) is 36.1 Å². The number of ether oxygens (including phenoxy) is 1. The molecule has 5 rings (SSSR count). The molecule has 4 heterocycles. The second kappa shape index (κ2) is 21.5. The summed E-state index contributed by atoms with van der Waals surface area (Å²) < 4.78 is 79.6.